The zero-order valence-electron chi connectivity index (χ0n) is 9.66. The van der Waals surface area contributed by atoms with Crippen molar-refractivity contribution in [3.05, 3.63) is 52.6 Å². The summed E-state index contributed by atoms with van der Waals surface area (Å²) in [5.41, 5.74) is 1.31. The highest BCUT2D eigenvalue weighted by atomic mass is 16.5. The molecule has 0 spiro atoms. The molecule has 2 aromatic carbocycles. The maximum Gasteiger partial charge on any atom is 0.287 e. The molecular formula is C13H10N2O3. The van der Waals surface area contributed by atoms with Crippen molar-refractivity contribution in [1.82, 2.24) is 4.73 Å². The van der Waals surface area contributed by atoms with Gasteiger partial charge in [0.2, 0.25) is 0 Å². The summed E-state index contributed by atoms with van der Waals surface area (Å²) in [5, 5.41) is 12.2. The van der Waals surface area contributed by atoms with E-state index in [4.69, 9.17) is 4.74 Å². The number of para-hydroxylation sites is 2. The predicted octanol–water partition coefficient (Wildman–Crippen LogP) is 2.06. The van der Waals surface area contributed by atoms with Crippen LogP contribution in [0, 0.1) is 10.1 Å². The lowest BCUT2D eigenvalue weighted by Gasteiger charge is -2.14. The molecule has 0 aliphatic carbocycles. The molecule has 0 fully saturated rings. The largest absolute Gasteiger partial charge is 0.805 e. The van der Waals surface area contributed by atoms with Gasteiger partial charge in [0.25, 0.3) is 11.0 Å². The van der Waals surface area contributed by atoms with E-state index in [2.05, 4.69) is 0 Å². The summed E-state index contributed by atoms with van der Waals surface area (Å²) in [5.74, 6) is 0.544. The number of fused-ring (bicyclic) bond motifs is 2. The van der Waals surface area contributed by atoms with Crippen LogP contribution in [-0.2, 0) is 0 Å². The van der Waals surface area contributed by atoms with E-state index < -0.39 is 0 Å². The number of ether oxygens (including phenoxy) is 1. The van der Waals surface area contributed by atoms with Gasteiger partial charge in [-0.25, -0.2) is 0 Å². The van der Waals surface area contributed by atoms with Crippen LogP contribution in [0.4, 0.5) is 0 Å². The summed E-state index contributed by atoms with van der Waals surface area (Å²) in [6, 6.07) is 11.5. The molecule has 0 saturated carbocycles. The normalized spacial score (nSPS) is 10.9. The number of benzene rings is 2. The first-order chi connectivity index (χ1) is 8.72. The molecule has 3 rings (SSSR count). The first-order valence-corrected chi connectivity index (χ1v) is 5.44. The average molecular weight is 242 g/mol. The first-order valence-electron chi connectivity index (χ1n) is 5.44. The second-order valence-electron chi connectivity index (χ2n) is 3.93. The number of hydrogen-bond donors (Lipinski definition) is 0. The Morgan fingerprint density at radius 2 is 1.83 bits per heavy atom. The van der Waals surface area contributed by atoms with Gasteiger partial charge in [-0.1, -0.05) is 12.1 Å². The van der Waals surface area contributed by atoms with Gasteiger partial charge in [-0.15, -0.1) is 0 Å². The van der Waals surface area contributed by atoms with Gasteiger partial charge >= 0.3 is 0 Å². The minimum Gasteiger partial charge on any atom is -0.805 e. The highest BCUT2D eigenvalue weighted by molar-refractivity contribution is 5.83. The predicted molar refractivity (Wildman–Crippen MR) is 68.1 cm³/mol. The van der Waals surface area contributed by atoms with Gasteiger partial charge in [0.05, 0.1) is 11.5 Å². The topological polar surface area (TPSA) is 60.2 Å². The van der Waals surface area contributed by atoms with Crippen molar-refractivity contribution in [1.29, 1.82) is 0 Å². The van der Waals surface area contributed by atoms with E-state index in [1.807, 2.05) is 0 Å². The number of methoxy groups -OCH3 is 1. The van der Waals surface area contributed by atoms with Gasteiger partial charge in [0.15, 0.2) is 0 Å². The number of hydrogen-bond acceptors (Lipinski definition) is 3. The Kier molecular flexibility index (Phi) is 2.19. The smallest absolute Gasteiger partial charge is 0.287 e. The fourth-order valence-corrected chi connectivity index (χ4v) is 2.03. The maximum absolute atomic E-state index is 12.2. The minimum atomic E-state index is 0.294. The lowest BCUT2D eigenvalue weighted by atomic mass is 10.2. The van der Waals surface area contributed by atoms with E-state index in [1.165, 1.54) is 7.11 Å². The summed E-state index contributed by atoms with van der Waals surface area (Å²) in [6.45, 7) is 0. The summed E-state index contributed by atoms with van der Waals surface area (Å²) < 4.78 is 6.58. The molecule has 18 heavy (non-hydrogen) atoms. The van der Waals surface area contributed by atoms with Gasteiger partial charge in [-0.3, -0.25) is 0 Å². The van der Waals surface area contributed by atoms with E-state index in [9.17, 15) is 10.1 Å². The van der Waals surface area contributed by atoms with Crippen LogP contribution in [-0.4, -0.2) is 11.8 Å². The van der Waals surface area contributed by atoms with Crippen molar-refractivity contribution in [2.75, 3.05) is 7.11 Å². The molecule has 5 nitrogen and oxygen atoms in total. The molecule has 0 aliphatic rings. The van der Waals surface area contributed by atoms with E-state index in [-0.39, 0.29) is 0 Å². The Labute approximate surface area is 102 Å². The minimum absolute atomic E-state index is 0.294. The van der Waals surface area contributed by atoms with Crippen LogP contribution < -0.4 is 9.16 Å². The van der Waals surface area contributed by atoms with E-state index in [0.29, 0.717) is 27.8 Å². The van der Waals surface area contributed by atoms with Gasteiger partial charge in [-0.05, 0) is 12.1 Å². The number of aromatic nitrogens is 2. The molecule has 0 atom stereocenters. The van der Waals surface area contributed by atoms with Crippen molar-refractivity contribution in [3.63, 3.8) is 0 Å². The van der Waals surface area contributed by atoms with Crippen LogP contribution in [0.5, 0.6) is 5.75 Å². The maximum atomic E-state index is 12.2. The van der Waals surface area contributed by atoms with E-state index in [0.717, 1.165) is 9.16 Å². The van der Waals surface area contributed by atoms with Crippen molar-refractivity contribution in [3.8, 4) is 5.75 Å². The first kappa shape index (κ1) is 10.6. The second-order valence-corrected chi connectivity index (χ2v) is 3.93. The zero-order chi connectivity index (χ0) is 12.7. The van der Waals surface area contributed by atoms with Crippen LogP contribution in [0.3, 0.4) is 0 Å². The second kappa shape index (κ2) is 3.73. The molecule has 3 aromatic rings. The zero-order valence-corrected chi connectivity index (χ0v) is 9.66. The number of rotatable bonds is 1. The molecule has 0 aliphatic heterocycles. The summed E-state index contributed by atoms with van der Waals surface area (Å²) in [6.07, 6.45) is 0. The lowest BCUT2D eigenvalue weighted by Crippen LogP contribution is -2.19. The molecular weight excluding hydrogens is 232 g/mol. The Hall–Kier alpha value is -2.56. The molecule has 0 amide bonds. The van der Waals surface area contributed by atoms with Crippen molar-refractivity contribution in [2.24, 2.45) is 0 Å². The Balaban J connectivity index is 2.58. The fraction of sp³-hybridized carbons (Fsp3) is 0.0769. The summed E-state index contributed by atoms with van der Waals surface area (Å²) in [4.78, 5) is 12.2. The standard InChI is InChI=1S/C13H10N2O3/c1-18-9-6-7-12-13(8-9)15(17)11-5-3-2-4-10(11)14(12)16/h2-8H,1H3. The Morgan fingerprint density at radius 1 is 1.11 bits per heavy atom. The highest BCUT2D eigenvalue weighted by Gasteiger charge is 2.15. The quantitative estimate of drug-likeness (QED) is 0.484. The fourth-order valence-electron chi connectivity index (χ4n) is 2.03. The van der Waals surface area contributed by atoms with Crippen molar-refractivity contribution >= 4 is 22.1 Å². The van der Waals surface area contributed by atoms with Crippen LogP contribution in [0.2, 0.25) is 0 Å². The van der Waals surface area contributed by atoms with Crippen molar-refractivity contribution < 1.29 is 9.16 Å². The van der Waals surface area contributed by atoms with Crippen LogP contribution >= 0.6 is 0 Å². The van der Waals surface area contributed by atoms with E-state index >= 15 is 0 Å². The average Bonchev–Trinajstić information content (AvgIpc) is 2.44. The molecule has 1 heterocycles. The van der Waals surface area contributed by atoms with Gasteiger partial charge in [0.1, 0.15) is 16.8 Å². The van der Waals surface area contributed by atoms with E-state index in [1.54, 1.807) is 42.5 Å². The molecule has 90 valence electrons. The Bertz CT molecular complexity index is 808. The molecule has 0 bridgehead atoms. The molecule has 5 heteroatoms. The van der Waals surface area contributed by atoms with Gasteiger partial charge in [-0.2, -0.15) is 0 Å². The SMILES string of the molecule is COc1ccc2c(c1)n([O-])c1ccccc1[n+]2=O. The molecule has 0 N–H and O–H groups in total. The van der Waals surface area contributed by atoms with Crippen LogP contribution in [0.15, 0.2) is 42.5 Å². The Morgan fingerprint density at radius 3 is 2.61 bits per heavy atom. The third-order valence-electron chi connectivity index (χ3n) is 2.94. The van der Waals surface area contributed by atoms with Gasteiger partial charge < -0.3 is 14.7 Å². The van der Waals surface area contributed by atoms with Crippen LogP contribution in [0.25, 0.3) is 22.1 Å². The lowest BCUT2D eigenvalue weighted by molar-refractivity contribution is -0.432. The van der Waals surface area contributed by atoms with Crippen LogP contribution in [0.1, 0.15) is 0 Å². The van der Waals surface area contributed by atoms with Gasteiger partial charge in [0, 0.05) is 23.1 Å². The molecule has 0 unspecified atom stereocenters. The number of nitrogens with zero attached hydrogens (tertiary/aromatic N) is 2. The molecule has 1 aromatic heterocycles. The summed E-state index contributed by atoms with van der Waals surface area (Å²) >= 11 is 0. The summed E-state index contributed by atoms with van der Waals surface area (Å²) in [7, 11) is 1.52. The third-order valence-corrected chi connectivity index (χ3v) is 2.94. The molecule has 0 radical (unpaired) electrons. The third kappa shape index (κ3) is 1.34. The highest BCUT2D eigenvalue weighted by Crippen LogP contribution is 2.21. The van der Waals surface area contributed by atoms with Crippen molar-refractivity contribution in [2.45, 2.75) is 0 Å². The monoisotopic (exact) mass is 242 g/mol. The molecule has 0 saturated heterocycles.